The van der Waals surface area contributed by atoms with Crippen LogP contribution in [-0.2, 0) is 47.6 Å². The molecule has 4 fully saturated rings. The van der Waals surface area contributed by atoms with Crippen LogP contribution in [0.5, 0.6) is 0 Å². The van der Waals surface area contributed by atoms with Gasteiger partial charge in [-0.15, -0.1) is 13.2 Å². The molecule has 8 unspecified atom stereocenters. The van der Waals surface area contributed by atoms with Gasteiger partial charge in [0.2, 0.25) is 35.5 Å². The molecule has 22 nitrogen and oxygen atoms in total. The maximum absolute atomic E-state index is 12.9. The molecule has 2 bridgehead atoms. The first-order chi connectivity index (χ1) is 30.4. The molecule has 4 saturated heterocycles. The van der Waals surface area contributed by atoms with Gasteiger partial charge in [-0.1, -0.05) is 24.3 Å². The van der Waals surface area contributed by atoms with Gasteiger partial charge in [0.1, 0.15) is 22.4 Å². The Morgan fingerprint density at radius 3 is 1.06 bits per heavy atom. The Kier molecular flexibility index (Phi) is 16.3. The number of carbonyl (C=O) groups excluding carboxylic acids is 8. The van der Waals surface area contributed by atoms with Gasteiger partial charge in [-0.2, -0.15) is 0 Å². The number of hydrogen-bond acceptors (Lipinski definition) is 16. The summed E-state index contributed by atoms with van der Waals surface area (Å²) in [7, 11) is 0. The Morgan fingerprint density at radius 1 is 0.530 bits per heavy atom. The van der Waals surface area contributed by atoms with Gasteiger partial charge in [-0.25, -0.2) is 19.2 Å². The fourth-order valence-electron chi connectivity index (χ4n) is 7.37. The highest BCUT2D eigenvalue weighted by Crippen LogP contribution is 2.45. The summed E-state index contributed by atoms with van der Waals surface area (Å²) >= 11 is 0. The van der Waals surface area contributed by atoms with Gasteiger partial charge in [-0.05, 0) is 83.1 Å². The van der Waals surface area contributed by atoms with Crippen LogP contribution in [0.25, 0.3) is 0 Å². The van der Waals surface area contributed by atoms with E-state index in [0.29, 0.717) is 0 Å². The highest BCUT2D eigenvalue weighted by molar-refractivity contribution is 6.08. The molecule has 8 atom stereocenters. The lowest BCUT2D eigenvalue weighted by Crippen LogP contribution is -2.47. The van der Waals surface area contributed by atoms with E-state index in [-0.39, 0.29) is 73.9 Å². The fourth-order valence-corrected chi connectivity index (χ4v) is 7.37. The standard InChI is InChI=1S/C23H34N4O7.C21H30N4O7/c1-9-13-15-16(14(10-2)32-13)18(29)27(17(15)28)12-11-24-19(25-20(30)33-22(3,4)5)26-21(31)34-23(6,7)8;1-20(2,3)31-18(28)23-17(24-19(29)32-21(4,5)6)22-9-10-25-15(26)13-11-7-8-12(30-11)14(13)16(25)27/h9-10,13-16H,1-2,11-12H2,3-8H3,(H2,24,25,26,30,31);7-8,11-14H,9-10H2,1-6H3,(H2,22,23,24,28,29). The molecule has 0 aromatic rings. The third-order valence-corrected chi connectivity index (χ3v) is 9.64. The first kappa shape index (κ1) is 52.5. The summed E-state index contributed by atoms with van der Waals surface area (Å²) in [6, 6.07) is 0. The number of aliphatic imine (C=N–C) groups is 2. The quantitative estimate of drug-likeness (QED) is 0.0893. The van der Waals surface area contributed by atoms with Crippen LogP contribution in [-0.4, -0.2) is 143 Å². The Hall–Kier alpha value is -6.16. The molecule has 5 rings (SSSR count). The minimum absolute atomic E-state index is 0.000393. The smallest absolute Gasteiger partial charge is 0.414 e. The van der Waals surface area contributed by atoms with Crippen LogP contribution in [0, 0.1) is 23.7 Å². The average molecular weight is 929 g/mol. The predicted octanol–water partition coefficient (Wildman–Crippen LogP) is 3.46. The Labute approximate surface area is 384 Å². The number of guanidine groups is 2. The molecule has 8 amide bonds. The van der Waals surface area contributed by atoms with Crippen molar-refractivity contribution in [3.8, 4) is 0 Å². The second-order valence-electron chi connectivity index (χ2n) is 19.7. The van der Waals surface area contributed by atoms with Crippen LogP contribution in [0.1, 0.15) is 83.1 Å². The zero-order chi connectivity index (χ0) is 49.7. The van der Waals surface area contributed by atoms with Crippen LogP contribution >= 0.6 is 0 Å². The first-order valence-corrected chi connectivity index (χ1v) is 21.5. The summed E-state index contributed by atoms with van der Waals surface area (Å²) in [4.78, 5) is 110. The number of hydrogen-bond donors (Lipinski definition) is 4. The number of fused-ring (bicyclic) bond motifs is 6. The number of imide groups is 2. The number of amides is 8. The van der Waals surface area contributed by atoms with Crippen LogP contribution < -0.4 is 21.3 Å². The maximum atomic E-state index is 12.9. The second kappa shape index (κ2) is 20.6. The molecule has 0 aliphatic carbocycles. The third kappa shape index (κ3) is 14.2. The monoisotopic (exact) mass is 928 g/mol. The van der Waals surface area contributed by atoms with E-state index in [1.54, 1.807) is 83.1 Å². The number of rotatable bonds is 8. The summed E-state index contributed by atoms with van der Waals surface area (Å²) in [5.41, 5.74) is -3.08. The van der Waals surface area contributed by atoms with E-state index in [0.717, 1.165) is 9.80 Å². The van der Waals surface area contributed by atoms with E-state index in [1.165, 1.54) is 12.2 Å². The lowest BCUT2D eigenvalue weighted by Gasteiger charge is -2.22. The van der Waals surface area contributed by atoms with Crippen LogP contribution in [0.15, 0.2) is 47.4 Å². The summed E-state index contributed by atoms with van der Waals surface area (Å²) in [6.45, 7) is 27.4. The lowest BCUT2D eigenvalue weighted by atomic mass is 9.85. The van der Waals surface area contributed by atoms with E-state index in [1.807, 2.05) is 12.2 Å². The Bertz CT molecular complexity index is 1910. The summed E-state index contributed by atoms with van der Waals surface area (Å²) in [5, 5.41) is 9.43. The zero-order valence-corrected chi connectivity index (χ0v) is 39.7. The molecule has 0 aromatic heterocycles. The van der Waals surface area contributed by atoms with E-state index in [2.05, 4.69) is 44.4 Å². The van der Waals surface area contributed by atoms with Crippen molar-refractivity contribution in [1.29, 1.82) is 0 Å². The highest BCUT2D eigenvalue weighted by Gasteiger charge is 2.61. The number of alkyl carbamates (subject to hydrolysis) is 4. The molecule has 0 aromatic carbocycles. The topological polar surface area (TPSA) is 271 Å². The molecule has 0 saturated carbocycles. The van der Waals surface area contributed by atoms with Crippen molar-refractivity contribution in [2.75, 3.05) is 26.2 Å². The predicted molar refractivity (Wildman–Crippen MR) is 236 cm³/mol. The molecule has 4 N–H and O–H groups in total. The molecule has 364 valence electrons. The molecule has 5 aliphatic rings. The molecule has 0 spiro atoms. The number of carbonyl (C=O) groups is 8. The van der Waals surface area contributed by atoms with Gasteiger partial charge in [0.25, 0.3) is 0 Å². The molecule has 0 radical (unpaired) electrons. The van der Waals surface area contributed by atoms with E-state index in [4.69, 9.17) is 28.4 Å². The largest absolute Gasteiger partial charge is 0.444 e. The minimum Gasteiger partial charge on any atom is -0.444 e. The average Bonchev–Trinajstić information content (AvgIpc) is 3.95. The van der Waals surface area contributed by atoms with Crippen LogP contribution in [0.3, 0.4) is 0 Å². The Balaban J connectivity index is 0.000000289. The van der Waals surface area contributed by atoms with Crippen molar-refractivity contribution in [3.63, 3.8) is 0 Å². The van der Waals surface area contributed by atoms with Crippen molar-refractivity contribution < 1.29 is 66.8 Å². The summed E-state index contributed by atoms with van der Waals surface area (Å²) in [6.07, 6.45) is 1.38. The lowest BCUT2D eigenvalue weighted by molar-refractivity contribution is -0.144. The Morgan fingerprint density at radius 2 is 0.803 bits per heavy atom. The minimum atomic E-state index is -0.843. The second-order valence-corrected chi connectivity index (χ2v) is 19.7. The summed E-state index contributed by atoms with van der Waals surface area (Å²) in [5.74, 6) is -4.16. The van der Waals surface area contributed by atoms with Crippen molar-refractivity contribution in [3.05, 3.63) is 37.5 Å². The molecule has 66 heavy (non-hydrogen) atoms. The summed E-state index contributed by atoms with van der Waals surface area (Å²) < 4.78 is 32.0. The third-order valence-electron chi connectivity index (χ3n) is 9.64. The van der Waals surface area contributed by atoms with Crippen molar-refractivity contribution >= 4 is 59.9 Å². The van der Waals surface area contributed by atoms with Gasteiger partial charge >= 0.3 is 24.4 Å². The SMILES string of the molecule is C=CC1OC(C=C)C2C(=O)N(CCN=C(NC(=O)OC(C)(C)C)NC(=O)OC(C)(C)C)C(=O)C12.CC(C)(C)OC(=O)NC(=NCCN1C(=O)C2C3C=CC(O3)C2C1=O)NC(=O)OC(C)(C)C. The number of nitrogens with one attached hydrogen (secondary N) is 4. The van der Waals surface area contributed by atoms with Crippen molar-refractivity contribution in [2.45, 2.75) is 130 Å². The van der Waals surface area contributed by atoms with Gasteiger partial charge < -0.3 is 28.4 Å². The molecule has 5 aliphatic heterocycles. The van der Waals surface area contributed by atoms with Crippen LogP contribution in [0.4, 0.5) is 19.2 Å². The fraction of sp³-hybridized carbons (Fsp3) is 0.636. The van der Waals surface area contributed by atoms with E-state index in [9.17, 15) is 38.4 Å². The van der Waals surface area contributed by atoms with Gasteiger partial charge in [0.15, 0.2) is 0 Å². The van der Waals surface area contributed by atoms with E-state index < -0.39 is 82.7 Å². The van der Waals surface area contributed by atoms with Crippen molar-refractivity contribution in [1.82, 2.24) is 31.1 Å². The number of likely N-dealkylation sites (tertiary alicyclic amines) is 2. The van der Waals surface area contributed by atoms with E-state index >= 15 is 0 Å². The zero-order valence-electron chi connectivity index (χ0n) is 39.7. The molecule has 22 heteroatoms. The number of ether oxygens (including phenoxy) is 6. The normalized spacial score (nSPS) is 25.2. The maximum Gasteiger partial charge on any atom is 0.414 e. The van der Waals surface area contributed by atoms with Crippen molar-refractivity contribution in [2.24, 2.45) is 33.7 Å². The van der Waals surface area contributed by atoms with Gasteiger partial charge in [0.05, 0.1) is 61.2 Å². The van der Waals surface area contributed by atoms with Gasteiger partial charge in [-0.3, -0.25) is 60.2 Å². The molecular weight excluding hydrogens is 865 g/mol. The molecule has 5 heterocycles. The van der Waals surface area contributed by atoms with Crippen LogP contribution in [0.2, 0.25) is 0 Å². The first-order valence-electron chi connectivity index (χ1n) is 21.5. The molecular formula is C44H64N8O14. The number of nitrogens with zero attached hydrogens (tertiary/aromatic N) is 4. The van der Waals surface area contributed by atoms with Gasteiger partial charge in [0, 0.05) is 13.1 Å². The highest BCUT2D eigenvalue weighted by atomic mass is 16.6.